The fourth-order valence-electron chi connectivity index (χ4n) is 2.81. The highest BCUT2D eigenvalue weighted by atomic mass is 16.5. The first-order chi connectivity index (χ1) is 12.0. The summed E-state index contributed by atoms with van der Waals surface area (Å²) in [5.74, 6) is 0.576. The SMILES string of the molecule is Cc1ccc([C@@H](C)NC(=O)COc2ccc3ccccc3c2)cc1C. The van der Waals surface area contributed by atoms with E-state index >= 15 is 0 Å². The normalized spacial score (nSPS) is 12.0. The number of ether oxygens (including phenoxy) is 1. The van der Waals surface area contributed by atoms with Gasteiger partial charge in [0.1, 0.15) is 5.75 Å². The zero-order chi connectivity index (χ0) is 17.8. The molecule has 0 aliphatic carbocycles. The van der Waals surface area contributed by atoms with Gasteiger partial charge in [0.2, 0.25) is 0 Å². The van der Waals surface area contributed by atoms with Crippen LogP contribution in [0.15, 0.2) is 60.7 Å². The van der Waals surface area contributed by atoms with E-state index in [2.05, 4.69) is 43.4 Å². The molecule has 25 heavy (non-hydrogen) atoms. The average molecular weight is 333 g/mol. The van der Waals surface area contributed by atoms with Crippen molar-refractivity contribution < 1.29 is 9.53 Å². The molecule has 1 amide bonds. The number of carbonyl (C=O) groups excluding carboxylic acids is 1. The fourth-order valence-corrected chi connectivity index (χ4v) is 2.81. The quantitative estimate of drug-likeness (QED) is 0.734. The van der Waals surface area contributed by atoms with Crippen LogP contribution in [0.4, 0.5) is 0 Å². The summed E-state index contributed by atoms with van der Waals surface area (Å²) in [5.41, 5.74) is 3.58. The number of amides is 1. The Morgan fingerprint density at radius 3 is 2.48 bits per heavy atom. The third kappa shape index (κ3) is 4.18. The van der Waals surface area contributed by atoms with Crippen LogP contribution in [0.5, 0.6) is 5.75 Å². The maximum absolute atomic E-state index is 12.2. The van der Waals surface area contributed by atoms with E-state index in [9.17, 15) is 4.79 Å². The summed E-state index contributed by atoms with van der Waals surface area (Å²) in [6.07, 6.45) is 0. The lowest BCUT2D eigenvalue weighted by molar-refractivity contribution is -0.123. The van der Waals surface area contributed by atoms with Gasteiger partial charge in [-0.1, -0.05) is 48.5 Å². The first kappa shape index (κ1) is 17.0. The van der Waals surface area contributed by atoms with Crippen molar-refractivity contribution in [3.63, 3.8) is 0 Å². The van der Waals surface area contributed by atoms with E-state index in [0.29, 0.717) is 5.75 Å². The molecular weight excluding hydrogens is 310 g/mol. The summed E-state index contributed by atoms with van der Waals surface area (Å²) >= 11 is 0. The fraction of sp³-hybridized carbons (Fsp3) is 0.227. The number of rotatable bonds is 5. The zero-order valence-corrected chi connectivity index (χ0v) is 14.9. The molecule has 3 nitrogen and oxygen atoms in total. The van der Waals surface area contributed by atoms with Gasteiger partial charge in [-0.05, 0) is 60.4 Å². The van der Waals surface area contributed by atoms with Gasteiger partial charge in [-0.15, -0.1) is 0 Å². The highest BCUT2D eigenvalue weighted by Gasteiger charge is 2.11. The van der Waals surface area contributed by atoms with Crippen molar-refractivity contribution in [3.05, 3.63) is 77.4 Å². The first-order valence-corrected chi connectivity index (χ1v) is 8.51. The lowest BCUT2D eigenvalue weighted by Crippen LogP contribution is -2.31. The number of fused-ring (bicyclic) bond motifs is 1. The molecule has 0 saturated heterocycles. The predicted molar refractivity (Wildman–Crippen MR) is 102 cm³/mol. The van der Waals surface area contributed by atoms with Gasteiger partial charge >= 0.3 is 0 Å². The Morgan fingerprint density at radius 1 is 0.960 bits per heavy atom. The minimum Gasteiger partial charge on any atom is -0.484 e. The Balaban J connectivity index is 1.58. The Kier molecular flexibility index (Phi) is 5.03. The van der Waals surface area contributed by atoms with Crippen LogP contribution in [0.3, 0.4) is 0 Å². The molecule has 0 unspecified atom stereocenters. The molecule has 0 radical (unpaired) electrons. The standard InChI is InChI=1S/C22H23NO2/c1-15-8-9-19(12-16(15)2)17(3)23-22(24)14-25-21-11-10-18-6-4-5-7-20(18)13-21/h4-13,17H,14H2,1-3H3,(H,23,24)/t17-/m1/s1. The van der Waals surface area contributed by atoms with Crippen molar-refractivity contribution in [3.8, 4) is 5.75 Å². The van der Waals surface area contributed by atoms with Crippen molar-refractivity contribution in [2.24, 2.45) is 0 Å². The van der Waals surface area contributed by atoms with Crippen LogP contribution in [0.1, 0.15) is 29.7 Å². The first-order valence-electron chi connectivity index (χ1n) is 8.51. The van der Waals surface area contributed by atoms with Crippen LogP contribution < -0.4 is 10.1 Å². The number of hydrogen-bond donors (Lipinski definition) is 1. The summed E-state index contributed by atoms with van der Waals surface area (Å²) in [6.45, 7) is 6.15. The summed E-state index contributed by atoms with van der Waals surface area (Å²) in [7, 11) is 0. The van der Waals surface area contributed by atoms with Crippen LogP contribution in [0.25, 0.3) is 10.8 Å². The number of carbonyl (C=O) groups is 1. The molecule has 0 spiro atoms. The van der Waals surface area contributed by atoms with Crippen LogP contribution in [0, 0.1) is 13.8 Å². The highest BCUT2D eigenvalue weighted by Crippen LogP contribution is 2.21. The number of nitrogens with one attached hydrogen (secondary N) is 1. The smallest absolute Gasteiger partial charge is 0.258 e. The van der Waals surface area contributed by atoms with Gasteiger partial charge in [-0.3, -0.25) is 4.79 Å². The molecule has 3 heteroatoms. The maximum atomic E-state index is 12.2. The molecule has 3 aromatic carbocycles. The monoisotopic (exact) mass is 333 g/mol. The molecule has 0 bridgehead atoms. The van der Waals surface area contributed by atoms with E-state index in [1.807, 2.05) is 43.3 Å². The van der Waals surface area contributed by atoms with E-state index in [1.165, 1.54) is 11.1 Å². The largest absolute Gasteiger partial charge is 0.484 e. The van der Waals surface area contributed by atoms with Crippen LogP contribution >= 0.6 is 0 Å². The summed E-state index contributed by atoms with van der Waals surface area (Å²) < 4.78 is 5.64. The van der Waals surface area contributed by atoms with E-state index in [4.69, 9.17) is 4.74 Å². The second-order valence-corrected chi connectivity index (χ2v) is 6.43. The number of hydrogen-bond acceptors (Lipinski definition) is 2. The third-order valence-electron chi connectivity index (χ3n) is 4.50. The molecule has 0 saturated carbocycles. The van der Waals surface area contributed by atoms with Crippen molar-refractivity contribution in [1.82, 2.24) is 5.32 Å². The number of aryl methyl sites for hydroxylation is 2. The molecule has 128 valence electrons. The Morgan fingerprint density at radius 2 is 1.72 bits per heavy atom. The topological polar surface area (TPSA) is 38.3 Å². The van der Waals surface area contributed by atoms with Crippen LogP contribution in [-0.2, 0) is 4.79 Å². The van der Waals surface area contributed by atoms with E-state index in [-0.39, 0.29) is 18.6 Å². The second kappa shape index (κ2) is 7.39. The Labute approximate surface area is 148 Å². The maximum Gasteiger partial charge on any atom is 0.258 e. The van der Waals surface area contributed by atoms with Crippen molar-refractivity contribution in [2.45, 2.75) is 26.8 Å². The molecule has 3 aromatic rings. The summed E-state index contributed by atoms with van der Waals surface area (Å²) in [6, 6.07) is 20.1. The Bertz CT molecular complexity index is 901. The van der Waals surface area contributed by atoms with Crippen LogP contribution in [-0.4, -0.2) is 12.5 Å². The Hall–Kier alpha value is -2.81. The van der Waals surface area contributed by atoms with Gasteiger partial charge in [-0.2, -0.15) is 0 Å². The van der Waals surface area contributed by atoms with Gasteiger partial charge in [0, 0.05) is 0 Å². The zero-order valence-electron chi connectivity index (χ0n) is 14.9. The van der Waals surface area contributed by atoms with Gasteiger partial charge in [0.25, 0.3) is 5.91 Å². The van der Waals surface area contributed by atoms with E-state index in [1.54, 1.807) is 0 Å². The van der Waals surface area contributed by atoms with Gasteiger partial charge in [-0.25, -0.2) is 0 Å². The molecule has 0 heterocycles. The molecule has 3 rings (SSSR count). The molecule has 1 atom stereocenters. The van der Waals surface area contributed by atoms with Crippen molar-refractivity contribution >= 4 is 16.7 Å². The lowest BCUT2D eigenvalue weighted by atomic mass is 10.0. The molecular formula is C22H23NO2. The average Bonchev–Trinajstić information content (AvgIpc) is 2.62. The van der Waals surface area contributed by atoms with Crippen molar-refractivity contribution in [2.75, 3.05) is 6.61 Å². The molecule has 0 aliphatic heterocycles. The molecule has 0 fully saturated rings. The lowest BCUT2D eigenvalue weighted by Gasteiger charge is -2.16. The number of benzene rings is 3. The van der Waals surface area contributed by atoms with Crippen LogP contribution in [0.2, 0.25) is 0 Å². The minimum absolute atomic E-state index is 0.00746. The molecule has 0 aliphatic rings. The molecule has 1 N–H and O–H groups in total. The van der Waals surface area contributed by atoms with Crippen molar-refractivity contribution in [1.29, 1.82) is 0 Å². The van der Waals surface area contributed by atoms with Gasteiger partial charge < -0.3 is 10.1 Å². The highest BCUT2D eigenvalue weighted by molar-refractivity contribution is 5.84. The third-order valence-corrected chi connectivity index (χ3v) is 4.50. The van der Waals surface area contributed by atoms with E-state index in [0.717, 1.165) is 16.3 Å². The van der Waals surface area contributed by atoms with E-state index < -0.39 is 0 Å². The second-order valence-electron chi connectivity index (χ2n) is 6.43. The minimum atomic E-state index is -0.126. The van der Waals surface area contributed by atoms with Gasteiger partial charge in [0.15, 0.2) is 6.61 Å². The predicted octanol–water partition coefficient (Wildman–Crippen LogP) is 4.71. The summed E-state index contributed by atoms with van der Waals surface area (Å²) in [4.78, 5) is 12.2. The van der Waals surface area contributed by atoms with Gasteiger partial charge in [0.05, 0.1) is 6.04 Å². The summed E-state index contributed by atoms with van der Waals surface area (Å²) in [5, 5.41) is 5.24. The molecule has 0 aromatic heterocycles.